The normalized spacial score (nSPS) is 20.3. The van der Waals surface area contributed by atoms with Crippen LogP contribution in [0.4, 0.5) is 5.82 Å². The molecule has 5 nitrogen and oxygen atoms in total. The fourth-order valence-corrected chi connectivity index (χ4v) is 1.80. The van der Waals surface area contributed by atoms with Gasteiger partial charge in [-0.15, -0.1) is 6.58 Å². The van der Waals surface area contributed by atoms with Gasteiger partial charge in [-0.05, 0) is 27.7 Å². The number of aromatic nitrogens is 2. The zero-order chi connectivity index (χ0) is 14.1. The second-order valence-corrected chi connectivity index (χ2v) is 5.58. The molecule has 0 aliphatic carbocycles. The maximum Gasteiger partial charge on any atom is 0.500 e. The van der Waals surface area contributed by atoms with Crippen LogP contribution in [0, 0.1) is 0 Å². The lowest BCUT2D eigenvalue weighted by Gasteiger charge is -2.32. The van der Waals surface area contributed by atoms with Crippen LogP contribution in [0.3, 0.4) is 0 Å². The summed E-state index contributed by atoms with van der Waals surface area (Å²) >= 11 is 0. The van der Waals surface area contributed by atoms with Crippen LogP contribution in [0.5, 0.6) is 0 Å². The van der Waals surface area contributed by atoms with Gasteiger partial charge in [0.1, 0.15) is 12.1 Å². The van der Waals surface area contributed by atoms with E-state index < -0.39 is 7.12 Å². The molecule has 2 rings (SSSR count). The summed E-state index contributed by atoms with van der Waals surface area (Å²) in [5.74, 6) is 0.716. The van der Waals surface area contributed by atoms with Crippen molar-refractivity contribution in [3.8, 4) is 0 Å². The largest absolute Gasteiger partial charge is 0.500 e. The SMILES string of the molecule is C=CCNc1ncncc1B1OC(C)(C)C(C)(C)O1. The van der Waals surface area contributed by atoms with Gasteiger partial charge in [-0.1, -0.05) is 6.08 Å². The van der Waals surface area contributed by atoms with Gasteiger partial charge in [-0.25, -0.2) is 9.97 Å². The lowest BCUT2D eigenvalue weighted by atomic mass is 9.80. The Morgan fingerprint density at radius 2 is 1.95 bits per heavy atom. The molecule has 0 spiro atoms. The average molecular weight is 261 g/mol. The highest BCUT2D eigenvalue weighted by molar-refractivity contribution is 6.63. The quantitative estimate of drug-likeness (QED) is 0.655. The first-order valence-corrected chi connectivity index (χ1v) is 6.38. The standard InChI is InChI=1S/C13H20BN3O2/c1-6-7-16-11-10(8-15-9-17-11)14-18-12(2,3)13(4,5)19-14/h6,8-9H,1,7H2,2-5H3,(H,15,16,17). The number of hydrogen-bond acceptors (Lipinski definition) is 5. The maximum absolute atomic E-state index is 6.00. The van der Waals surface area contributed by atoms with Crippen molar-refractivity contribution in [2.75, 3.05) is 11.9 Å². The molecule has 0 unspecified atom stereocenters. The summed E-state index contributed by atoms with van der Waals surface area (Å²) in [5, 5.41) is 3.17. The van der Waals surface area contributed by atoms with Crippen LogP contribution >= 0.6 is 0 Å². The third kappa shape index (κ3) is 2.64. The van der Waals surface area contributed by atoms with Gasteiger partial charge in [-0.3, -0.25) is 0 Å². The molecule has 1 aromatic rings. The zero-order valence-electron chi connectivity index (χ0n) is 11.9. The van der Waals surface area contributed by atoms with Crippen molar-refractivity contribution >= 4 is 18.4 Å². The minimum Gasteiger partial charge on any atom is -0.399 e. The Balaban J connectivity index is 2.26. The van der Waals surface area contributed by atoms with Crippen molar-refractivity contribution in [3.63, 3.8) is 0 Å². The molecular formula is C13H20BN3O2. The first-order valence-electron chi connectivity index (χ1n) is 6.38. The van der Waals surface area contributed by atoms with Crippen LogP contribution in [-0.4, -0.2) is 34.8 Å². The molecule has 0 saturated carbocycles. The van der Waals surface area contributed by atoms with Gasteiger partial charge in [0.2, 0.25) is 0 Å². The molecule has 0 aromatic carbocycles. The van der Waals surface area contributed by atoms with Crippen molar-refractivity contribution < 1.29 is 9.31 Å². The summed E-state index contributed by atoms with van der Waals surface area (Å²) in [7, 11) is -0.460. The molecule has 102 valence electrons. The Morgan fingerprint density at radius 3 is 2.53 bits per heavy atom. The second kappa shape index (κ2) is 4.94. The van der Waals surface area contributed by atoms with E-state index in [1.54, 1.807) is 12.3 Å². The van der Waals surface area contributed by atoms with Gasteiger partial charge < -0.3 is 14.6 Å². The van der Waals surface area contributed by atoms with E-state index in [9.17, 15) is 0 Å². The van der Waals surface area contributed by atoms with Crippen LogP contribution in [0.15, 0.2) is 25.2 Å². The van der Waals surface area contributed by atoms with Crippen LogP contribution in [-0.2, 0) is 9.31 Å². The van der Waals surface area contributed by atoms with Gasteiger partial charge in [0.25, 0.3) is 0 Å². The van der Waals surface area contributed by atoms with Gasteiger partial charge >= 0.3 is 7.12 Å². The smallest absolute Gasteiger partial charge is 0.399 e. The van der Waals surface area contributed by atoms with E-state index in [1.165, 1.54) is 6.33 Å². The Kier molecular flexibility index (Phi) is 3.65. The van der Waals surface area contributed by atoms with Crippen LogP contribution in [0.2, 0.25) is 0 Å². The summed E-state index contributed by atoms with van der Waals surface area (Å²) in [6, 6.07) is 0. The lowest BCUT2D eigenvalue weighted by molar-refractivity contribution is 0.00578. The van der Waals surface area contributed by atoms with E-state index in [2.05, 4.69) is 21.9 Å². The Bertz CT molecular complexity index is 461. The molecule has 19 heavy (non-hydrogen) atoms. The van der Waals surface area contributed by atoms with E-state index in [0.29, 0.717) is 12.4 Å². The number of anilines is 1. The van der Waals surface area contributed by atoms with E-state index in [1.807, 2.05) is 27.7 Å². The van der Waals surface area contributed by atoms with Crippen LogP contribution < -0.4 is 10.8 Å². The van der Waals surface area contributed by atoms with Crippen molar-refractivity contribution in [1.82, 2.24) is 9.97 Å². The molecule has 1 fully saturated rings. The van der Waals surface area contributed by atoms with Gasteiger partial charge in [-0.2, -0.15) is 0 Å². The van der Waals surface area contributed by atoms with E-state index >= 15 is 0 Å². The third-order valence-corrected chi connectivity index (χ3v) is 3.66. The fourth-order valence-electron chi connectivity index (χ4n) is 1.80. The second-order valence-electron chi connectivity index (χ2n) is 5.58. The molecule has 6 heteroatoms. The molecule has 1 aliphatic rings. The first kappa shape index (κ1) is 14.0. The number of rotatable bonds is 4. The molecule has 1 aromatic heterocycles. The molecular weight excluding hydrogens is 241 g/mol. The summed E-state index contributed by atoms with van der Waals surface area (Å²) in [6.45, 7) is 12.4. The van der Waals surface area contributed by atoms with E-state index in [-0.39, 0.29) is 11.2 Å². The molecule has 1 saturated heterocycles. The summed E-state index contributed by atoms with van der Waals surface area (Å²) in [6.07, 6.45) is 5.00. The highest BCUT2D eigenvalue weighted by Crippen LogP contribution is 2.36. The van der Waals surface area contributed by atoms with Gasteiger partial charge in [0, 0.05) is 18.2 Å². The van der Waals surface area contributed by atoms with Crippen LogP contribution in [0.25, 0.3) is 0 Å². The summed E-state index contributed by atoms with van der Waals surface area (Å²) in [4.78, 5) is 8.28. The Morgan fingerprint density at radius 1 is 1.32 bits per heavy atom. The summed E-state index contributed by atoms with van der Waals surface area (Å²) < 4.78 is 12.0. The number of nitrogens with one attached hydrogen (secondary N) is 1. The molecule has 2 heterocycles. The first-order chi connectivity index (χ1) is 8.87. The minimum atomic E-state index is -0.460. The molecule has 0 bridgehead atoms. The molecule has 0 atom stereocenters. The maximum atomic E-state index is 6.00. The predicted octanol–water partition coefficient (Wildman–Crippen LogP) is 1.37. The molecule has 0 radical (unpaired) electrons. The van der Waals surface area contributed by atoms with Crippen molar-refractivity contribution in [3.05, 3.63) is 25.2 Å². The average Bonchev–Trinajstić information content (AvgIpc) is 2.56. The lowest BCUT2D eigenvalue weighted by Crippen LogP contribution is -2.41. The van der Waals surface area contributed by atoms with Crippen LogP contribution in [0.1, 0.15) is 27.7 Å². The highest BCUT2D eigenvalue weighted by atomic mass is 16.7. The molecule has 1 aliphatic heterocycles. The highest BCUT2D eigenvalue weighted by Gasteiger charge is 2.52. The van der Waals surface area contributed by atoms with Crippen molar-refractivity contribution in [2.24, 2.45) is 0 Å². The Hall–Kier alpha value is -1.40. The fraction of sp³-hybridized carbons (Fsp3) is 0.538. The number of hydrogen-bond donors (Lipinski definition) is 1. The number of nitrogens with zero attached hydrogens (tertiary/aromatic N) is 2. The van der Waals surface area contributed by atoms with E-state index in [4.69, 9.17) is 9.31 Å². The monoisotopic (exact) mass is 261 g/mol. The van der Waals surface area contributed by atoms with E-state index in [0.717, 1.165) is 5.46 Å². The third-order valence-electron chi connectivity index (χ3n) is 3.66. The Labute approximate surface area is 114 Å². The topological polar surface area (TPSA) is 56.3 Å². The van der Waals surface area contributed by atoms with Crippen molar-refractivity contribution in [1.29, 1.82) is 0 Å². The van der Waals surface area contributed by atoms with Gasteiger partial charge in [0.05, 0.1) is 11.2 Å². The predicted molar refractivity (Wildman–Crippen MR) is 76.4 cm³/mol. The van der Waals surface area contributed by atoms with Crippen molar-refractivity contribution in [2.45, 2.75) is 38.9 Å². The molecule has 0 amide bonds. The zero-order valence-corrected chi connectivity index (χ0v) is 11.9. The minimum absolute atomic E-state index is 0.372. The summed E-state index contributed by atoms with van der Waals surface area (Å²) in [5.41, 5.74) is 0.0647. The molecule has 1 N–H and O–H groups in total. The van der Waals surface area contributed by atoms with Gasteiger partial charge in [0.15, 0.2) is 0 Å².